The lowest BCUT2D eigenvalue weighted by atomic mass is 9.98. The highest BCUT2D eigenvalue weighted by Gasteiger charge is 2.28. The summed E-state index contributed by atoms with van der Waals surface area (Å²) in [5.74, 6) is 4.48. The SMILES string of the molecule is CCC(C)(C)N(C)C(=O)c1cccc(F)c1NN. The quantitative estimate of drug-likeness (QED) is 0.639. The third-order valence-electron chi connectivity index (χ3n) is 3.47. The van der Waals surface area contributed by atoms with Gasteiger partial charge in [-0.1, -0.05) is 13.0 Å². The van der Waals surface area contributed by atoms with Gasteiger partial charge in [0, 0.05) is 12.6 Å². The van der Waals surface area contributed by atoms with E-state index >= 15 is 0 Å². The number of rotatable bonds is 4. The lowest BCUT2D eigenvalue weighted by Gasteiger charge is -2.35. The Kier molecular flexibility index (Phi) is 4.29. The molecule has 0 spiro atoms. The molecule has 0 aliphatic carbocycles. The summed E-state index contributed by atoms with van der Waals surface area (Å²) >= 11 is 0. The molecule has 0 heterocycles. The first-order valence-corrected chi connectivity index (χ1v) is 5.88. The van der Waals surface area contributed by atoms with Crippen LogP contribution < -0.4 is 11.3 Å². The van der Waals surface area contributed by atoms with Crippen molar-refractivity contribution in [3.8, 4) is 0 Å². The zero-order valence-corrected chi connectivity index (χ0v) is 11.2. The monoisotopic (exact) mass is 253 g/mol. The summed E-state index contributed by atoms with van der Waals surface area (Å²) in [6, 6.07) is 4.32. The summed E-state index contributed by atoms with van der Waals surface area (Å²) in [5, 5.41) is 0. The molecule has 0 aliphatic rings. The highest BCUT2D eigenvalue weighted by atomic mass is 19.1. The number of nitrogens with one attached hydrogen (secondary N) is 1. The average molecular weight is 253 g/mol. The van der Waals surface area contributed by atoms with Gasteiger partial charge in [0.05, 0.1) is 11.3 Å². The Hall–Kier alpha value is -1.62. The predicted octanol–water partition coefficient (Wildman–Crippen LogP) is 2.37. The molecule has 3 N–H and O–H groups in total. The number of hydrogen-bond donors (Lipinski definition) is 2. The first-order chi connectivity index (χ1) is 8.35. The van der Waals surface area contributed by atoms with Gasteiger partial charge in [0.15, 0.2) is 0 Å². The molecule has 1 rings (SSSR count). The van der Waals surface area contributed by atoms with Gasteiger partial charge in [0.25, 0.3) is 5.91 Å². The van der Waals surface area contributed by atoms with Crippen molar-refractivity contribution in [1.29, 1.82) is 0 Å². The van der Waals surface area contributed by atoms with Crippen molar-refractivity contribution in [3.63, 3.8) is 0 Å². The second-order valence-electron chi connectivity index (χ2n) is 4.84. The van der Waals surface area contributed by atoms with Crippen LogP contribution >= 0.6 is 0 Å². The summed E-state index contributed by atoms with van der Waals surface area (Å²) in [6.07, 6.45) is 0.802. The summed E-state index contributed by atoms with van der Waals surface area (Å²) < 4.78 is 13.5. The lowest BCUT2D eigenvalue weighted by Crippen LogP contribution is -2.44. The fourth-order valence-electron chi connectivity index (χ4n) is 1.54. The van der Waals surface area contributed by atoms with Crippen LogP contribution in [0.25, 0.3) is 0 Å². The number of carbonyl (C=O) groups excluding carboxylic acids is 1. The van der Waals surface area contributed by atoms with Crippen LogP contribution in [0.3, 0.4) is 0 Å². The molecule has 18 heavy (non-hydrogen) atoms. The maximum atomic E-state index is 13.5. The zero-order valence-electron chi connectivity index (χ0n) is 11.2. The number of para-hydroxylation sites is 1. The number of amides is 1. The summed E-state index contributed by atoms with van der Waals surface area (Å²) in [6.45, 7) is 5.91. The second-order valence-corrected chi connectivity index (χ2v) is 4.84. The minimum Gasteiger partial charge on any atom is -0.337 e. The lowest BCUT2D eigenvalue weighted by molar-refractivity contribution is 0.0621. The number of nitrogens with two attached hydrogens (primary N) is 1. The van der Waals surface area contributed by atoms with Crippen molar-refractivity contribution < 1.29 is 9.18 Å². The van der Waals surface area contributed by atoms with Gasteiger partial charge in [-0.25, -0.2) is 4.39 Å². The van der Waals surface area contributed by atoms with E-state index in [1.165, 1.54) is 12.1 Å². The highest BCUT2D eigenvalue weighted by Crippen LogP contribution is 2.24. The maximum Gasteiger partial charge on any atom is 0.256 e. The van der Waals surface area contributed by atoms with E-state index in [4.69, 9.17) is 5.84 Å². The second kappa shape index (κ2) is 5.35. The van der Waals surface area contributed by atoms with Crippen LogP contribution in [0.4, 0.5) is 10.1 Å². The summed E-state index contributed by atoms with van der Waals surface area (Å²) in [5.41, 5.74) is 2.22. The molecule has 1 aromatic rings. The van der Waals surface area contributed by atoms with E-state index in [9.17, 15) is 9.18 Å². The zero-order chi connectivity index (χ0) is 13.9. The van der Waals surface area contributed by atoms with Crippen molar-refractivity contribution in [2.24, 2.45) is 5.84 Å². The van der Waals surface area contributed by atoms with Gasteiger partial charge in [-0.15, -0.1) is 0 Å². The smallest absolute Gasteiger partial charge is 0.256 e. The fraction of sp³-hybridized carbons (Fsp3) is 0.462. The Bertz CT molecular complexity index is 446. The molecule has 0 fully saturated rings. The number of benzene rings is 1. The van der Waals surface area contributed by atoms with Crippen molar-refractivity contribution in [2.75, 3.05) is 12.5 Å². The minimum atomic E-state index is -0.536. The summed E-state index contributed by atoms with van der Waals surface area (Å²) in [7, 11) is 1.71. The number of nitrogen functional groups attached to an aromatic ring is 1. The van der Waals surface area contributed by atoms with Gasteiger partial charge in [0.1, 0.15) is 5.82 Å². The molecule has 0 radical (unpaired) electrons. The van der Waals surface area contributed by atoms with E-state index in [1.807, 2.05) is 20.8 Å². The normalized spacial score (nSPS) is 11.2. The van der Waals surface area contributed by atoms with Gasteiger partial charge in [-0.05, 0) is 32.4 Å². The van der Waals surface area contributed by atoms with E-state index < -0.39 is 5.82 Å². The topological polar surface area (TPSA) is 58.4 Å². The van der Waals surface area contributed by atoms with E-state index in [-0.39, 0.29) is 22.7 Å². The molecule has 0 atom stereocenters. The number of nitrogens with zero attached hydrogens (tertiary/aromatic N) is 1. The average Bonchev–Trinajstić information content (AvgIpc) is 2.36. The number of carbonyl (C=O) groups is 1. The van der Waals surface area contributed by atoms with Gasteiger partial charge >= 0.3 is 0 Å². The van der Waals surface area contributed by atoms with Crippen molar-refractivity contribution >= 4 is 11.6 Å². The third-order valence-corrected chi connectivity index (χ3v) is 3.47. The fourth-order valence-corrected chi connectivity index (χ4v) is 1.54. The van der Waals surface area contributed by atoms with Gasteiger partial charge in [-0.2, -0.15) is 0 Å². The Morgan fingerprint density at radius 3 is 2.61 bits per heavy atom. The van der Waals surface area contributed by atoms with Gasteiger partial charge in [0.2, 0.25) is 0 Å². The largest absolute Gasteiger partial charge is 0.337 e. The number of anilines is 1. The molecule has 1 amide bonds. The standard InChI is InChI=1S/C13H20FN3O/c1-5-13(2,3)17(4)12(18)9-7-6-8-10(14)11(9)16-15/h6-8,16H,5,15H2,1-4H3. The molecule has 0 saturated carbocycles. The van der Waals surface area contributed by atoms with Crippen LogP contribution in [-0.2, 0) is 0 Å². The van der Waals surface area contributed by atoms with Crippen LogP contribution in [-0.4, -0.2) is 23.4 Å². The van der Waals surface area contributed by atoms with Crippen molar-refractivity contribution in [3.05, 3.63) is 29.6 Å². The molecule has 100 valence electrons. The van der Waals surface area contributed by atoms with Crippen LogP contribution in [0, 0.1) is 5.82 Å². The number of hydrazine groups is 1. The van der Waals surface area contributed by atoms with E-state index in [1.54, 1.807) is 18.0 Å². The Balaban J connectivity index is 3.16. The van der Waals surface area contributed by atoms with E-state index in [0.717, 1.165) is 6.42 Å². The highest BCUT2D eigenvalue weighted by molar-refractivity contribution is 5.99. The number of hydrogen-bond acceptors (Lipinski definition) is 3. The van der Waals surface area contributed by atoms with Gasteiger partial charge < -0.3 is 10.3 Å². The molecule has 0 unspecified atom stereocenters. The molecule has 5 heteroatoms. The van der Waals surface area contributed by atoms with Crippen LogP contribution in [0.2, 0.25) is 0 Å². The van der Waals surface area contributed by atoms with Crippen LogP contribution in [0.1, 0.15) is 37.6 Å². The van der Waals surface area contributed by atoms with Gasteiger partial charge in [-0.3, -0.25) is 10.6 Å². The maximum absolute atomic E-state index is 13.5. The molecule has 0 aromatic heterocycles. The van der Waals surface area contributed by atoms with Crippen molar-refractivity contribution in [2.45, 2.75) is 32.7 Å². The minimum absolute atomic E-state index is 0.0289. The Morgan fingerprint density at radius 2 is 2.11 bits per heavy atom. The molecular formula is C13H20FN3O. The number of halogens is 1. The predicted molar refractivity (Wildman–Crippen MR) is 70.7 cm³/mol. The van der Waals surface area contributed by atoms with E-state index in [2.05, 4.69) is 5.43 Å². The first-order valence-electron chi connectivity index (χ1n) is 5.88. The molecule has 4 nitrogen and oxygen atoms in total. The first kappa shape index (κ1) is 14.4. The molecule has 0 bridgehead atoms. The van der Waals surface area contributed by atoms with Crippen LogP contribution in [0.15, 0.2) is 18.2 Å². The van der Waals surface area contributed by atoms with Crippen LogP contribution in [0.5, 0.6) is 0 Å². The Morgan fingerprint density at radius 1 is 1.50 bits per heavy atom. The molecule has 0 aliphatic heterocycles. The Labute approximate surface area is 107 Å². The molecule has 1 aromatic carbocycles. The third kappa shape index (κ3) is 2.61. The molecular weight excluding hydrogens is 233 g/mol. The van der Waals surface area contributed by atoms with E-state index in [0.29, 0.717) is 0 Å². The summed E-state index contributed by atoms with van der Waals surface area (Å²) in [4.78, 5) is 13.9. The molecule has 0 saturated heterocycles. The van der Waals surface area contributed by atoms with Crippen molar-refractivity contribution in [1.82, 2.24) is 4.90 Å².